The minimum Gasteiger partial charge on any atom is -0.289 e. The molecule has 3 heteroatoms. The fraction of sp³-hybridized carbons (Fsp3) is 0. The van der Waals surface area contributed by atoms with Gasteiger partial charge in [0.15, 0.2) is 5.78 Å². The van der Waals surface area contributed by atoms with Crippen LogP contribution in [-0.4, -0.2) is 5.78 Å². The fourth-order valence-corrected chi connectivity index (χ4v) is 2.98. The Labute approximate surface area is 139 Å². The molecule has 0 aliphatic heterocycles. The van der Waals surface area contributed by atoms with Crippen LogP contribution in [0.5, 0.6) is 0 Å². The summed E-state index contributed by atoms with van der Waals surface area (Å²) in [6.45, 7) is 0. The molecule has 0 saturated carbocycles. The van der Waals surface area contributed by atoms with Crippen LogP contribution in [0.4, 0.5) is 0 Å². The van der Waals surface area contributed by atoms with E-state index >= 15 is 0 Å². The second-order valence-corrected chi connectivity index (χ2v) is 6.31. The number of ketones is 1. The molecule has 1 nitrogen and oxygen atoms in total. The zero-order valence-electron chi connectivity index (χ0n) is 11.8. The third-order valence-corrected chi connectivity index (χ3v) is 4.51. The molecule has 0 radical (unpaired) electrons. The SMILES string of the molecule is O=C(C=Cc1ccc(-c2cccs2)cc1)c1ccc(S)cc1. The average Bonchev–Trinajstić information content (AvgIpc) is 3.08. The van der Waals surface area contributed by atoms with Crippen molar-refractivity contribution in [2.75, 3.05) is 0 Å². The maximum atomic E-state index is 12.1. The molecular weight excluding hydrogens is 308 g/mol. The van der Waals surface area contributed by atoms with E-state index in [4.69, 9.17) is 0 Å². The maximum Gasteiger partial charge on any atom is 0.185 e. The Bertz CT molecular complexity index is 782. The first-order valence-electron chi connectivity index (χ1n) is 6.88. The first kappa shape index (κ1) is 14.8. The number of allylic oxidation sites excluding steroid dienone is 1. The van der Waals surface area contributed by atoms with E-state index in [1.165, 1.54) is 10.4 Å². The molecule has 0 bridgehead atoms. The van der Waals surface area contributed by atoms with Crippen LogP contribution in [0.1, 0.15) is 15.9 Å². The molecule has 108 valence electrons. The Morgan fingerprint density at radius 3 is 2.32 bits per heavy atom. The molecule has 0 saturated heterocycles. The van der Waals surface area contributed by atoms with Gasteiger partial charge < -0.3 is 0 Å². The average molecular weight is 322 g/mol. The Balaban J connectivity index is 1.72. The van der Waals surface area contributed by atoms with Crippen molar-refractivity contribution in [2.45, 2.75) is 4.90 Å². The molecular formula is C19H14OS2. The Morgan fingerprint density at radius 1 is 0.955 bits per heavy atom. The van der Waals surface area contributed by atoms with Crippen molar-refractivity contribution in [2.24, 2.45) is 0 Å². The van der Waals surface area contributed by atoms with E-state index in [2.05, 4.69) is 36.2 Å². The summed E-state index contributed by atoms with van der Waals surface area (Å²) >= 11 is 5.94. The predicted molar refractivity (Wildman–Crippen MR) is 96.8 cm³/mol. The highest BCUT2D eigenvalue weighted by molar-refractivity contribution is 7.80. The van der Waals surface area contributed by atoms with Crippen LogP contribution >= 0.6 is 24.0 Å². The maximum absolute atomic E-state index is 12.1. The van der Waals surface area contributed by atoms with E-state index in [0.29, 0.717) is 5.56 Å². The summed E-state index contributed by atoms with van der Waals surface area (Å²) in [5, 5.41) is 2.07. The molecule has 0 spiro atoms. The van der Waals surface area contributed by atoms with Crippen LogP contribution in [0.25, 0.3) is 16.5 Å². The summed E-state index contributed by atoms with van der Waals surface area (Å²) in [6, 6.07) is 19.6. The Morgan fingerprint density at radius 2 is 1.68 bits per heavy atom. The molecule has 0 aliphatic rings. The minimum atomic E-state index is -0.00401. The van der Waals surface area contributed by atoms with Gasteiger partial charge in [-0.3, -0.25) is 4.79 Å². The van der Waals surface area contributed by atoms with E-state index in [-0.39, 0.29) is 5.78 Å². The smallest absolute Gasteiger partial charge is 0.185 e. The number of carbonyl (C=O) groups is 1. The third kappa shape index (κ3) is 3.56. The number of thiol groups is 1. The lowest BCUT2D eigenvalue weighted by atomic mass is 10.1. The highest BCUT2D eigenvalue weighted by atomic mass is 32.1. The number of thiophene rings is 1. The molecule has 0 N–H and O–H groups in total. The van der Waals surface area contributed by atoms with Crippen LogP contribution in [0, 0.1) is 0 Å². The summed E-state index contributed by atoms with van der Waals surface area (Å²) in [7, 11) is 0. The van der Waals surface area contributed by atoms with E-state index < -0.39 is 0 Å². The van der Waals surface area contributed by atoms with Gasteiger partial charge in [-0.25, -0.2) is 0 Å². The number of rotatable bonds is 4. The van der Waals surface area contributed by atoms with Gasteiger partial charge in [-0.1, -0.05) is 36.4 Å². The second-order valence-electron chi connectivity index (χ2n) is 4.84. The van der Waals surface area contributed by atoms with Crippen molar-refractivity contribution >= 4 is 35.8 Å². The summed E-state index contributed by atoms with van der Waals surface area (Å²) in [5.41, 5.74) is 2.88. The molecule has 22 heavy (non-hydrogen) atoms. The highest BCUT2D eigenvalue weighted by Crippen LogP contribution is 2.24. The molecule has 0 amide bonds. The van der Waals surface area contributed by atoms with E-state index in [1.54, 1.807) is 29.5 Å². The van der Waals surface area contributed by atoms with Gasteiger partial charge in [0.2, 0.25) is 0 Å². The topological polar surface area (TPSA) is 17.1 Å². The van der Waals surface area contributed by atoms with Crippen LogP contribution in [-0.2, 0) is 0 Å². The van der Waals surface area contributed by atoms with Gasteiger partial charge in [0.1, 0.15) is 0 Å². The number of hydrogen-bond acceptors (Lipinski definition) is 3. The number of carbonyl (C=O) groups excluding carboxylic acids is 1. The van der Waals surface area contributed by atoms with Gasteiger partial charge in [0, 0.05) is 15.3 Å². The lowest BCUT2D eigenvalue weighted by Gasteiger charge is -1.99. The lowest BCUT2D eigenvalue weighted by molar-refractivity contribution is 0.104. The second kappa shape index (κ2) is 6.77. The van der Waals surface area contributed by atoms with Crippen LogP contribution in [0.2, 0.25) is 0 Å². The first-order chi connectivity index (χ1) is 10.7. The predicted octanol–water partition coefficient (Wildman–Crippen LogP) is 5.60. The minimum absolute atomic E-state index is 0.00401. The van der Waals surface area contributed by atoms with Crippen LogP contribution in [0.15, 0.2) is 77.0 Å². The summed E-state index contributed by atoms with van der Waals surface area (Å²) in [5.74, 6) is -0.00401. The van der Waals surface area contributed by atoms with E-state index in [0.717, 1.165) is 10.5 Å². The van der Waals surface area contributed by atoms with Gasteiger partial charge in [0.05, 0.1) is 0 Å². The summed E-state index contributed by atoms with van der Waals surface area (Å²) in [4.78, 5) is 14.2. The summed E-state index contributed by atoms with van der Waals surface area (Å²) in [6.07, 6.45) is 3.45. The van der Waals surface area contributed by atoms with E-state index in [1.807, 2.05) is 36.4 Å². The molecule has 0 aliphatic carbocycles. The number of benzene rings is 2. The van der Waals surface area contributed by atoms with Crippen molar-refractivity contribution in [3.05, 3.63) is 83.2 Å². The van der Waals surface area contributed by atoms with Crippen molar-refractivity contribution < 1.29 is 4.79 Å². The normalized spacial score (nSPS) is 11.0. The van der Waals surface area contributed by atoms with Crippen LogP contribution < -0.4 is 0 Å². The zero-order valence-corrected chi connectivity index (χ0v) is 13.5. The fourth-order valence-electron chi connectivity index (χ4n) is 2.10. The standard InChI is InChI=1S/C19H14OS2/c20-18(15-8-10-17(21)11-9-15)12-5-14-3-6-16(7-4-14)19-2-1-13-22-19/h1-13,21H. The number of hydrogen-bond donors (Lipinski definition) is 1. The Kier molecular flexibility index (Phi) is 4.56. The summed E-state index contributed by atoms with van der Waals surface area (Å²) < 4.78 is 0. The van der Waals surface area contributed by atoms with Crippen LogP contribution in [0.3, 0.4) is 0 Å². The van der Waals surface area contributed by atoms with Crippen molar-refractivity contribution in [3.63, 3.8) is 0 Å². The zero-order chi connectivity index (χ0) is 15.4. The third-order valence-electron chi connectivity index (χ3n) is 3.30. The monoisotopic (exact) mass is 322 g/mol. The first-order valence-corrected chi connectivity index (χ1v) is 8.20. The quantitative estimate of drug-likeness (QED) is 0.376. The molecule has 3 rings (SSSR count). The molecule has 2 aromatic carbocycles. The molecule has 0 fully saturated rings. The van der Waals surface area contributed by atoms with Gasteiger partial charge >= 0.3 is 0 Å². The molecule has 0 atom stereocenters. The highest BCUT2D eigenvalue weighted by Gasteiger charge is 2.01. The lowest BCUT2D eigenvalue weighted by Crippen LogP contribution is -1.93. The van der Waals surface area contributed by atoms with Crippen molar-refractivity contribution in [1.82, 2.24) is 0 Å². The Hall–Kier alpha value is -2.10. The van der Waals surface area contributed by atoms with Gasteiger partial charge in [0.25, 0.3) is 0 Å². The molecule has 1 aromatic heterocycles. The van der Waals surface area contributed by atoms with Gasteiger partial charge in [-0.15, -0.1) is 24.0 Å². The van der Waals surface area contributed by atoms with E-state index in [9.17, 15) is 4.79 Å². The molecule has 1 heterocycles. The molecule has 0 unspecified atom stereocenters. The van der Waals surface area contributed by atoms with Crippen molar-refractivity contribution in [3.8, 4) is 10.4 Å². The largest absolute Gasteiger partial charge is 0.289 e. The van der Waals surface area contributed by atoms with Gasteiger partial charge in [-0.05, 0) is 52.9 Å². The van der Waals surface area contributed by atoms with Crippen molar-refractivity contribution in [1.29, 1.82) is 0 Å². The van der Waals surface area contributed by atoms with Gasteiger partial charge in [-0.2, -0.15) is 0 Å². The molecule has 3 aromatic rings.